The van der Waals surface area contributed by atoms with Crippen molar-refractivity contribution >= 4 is 6.03 Å². The second-order valence-electron chi connectivity index (χ2n) is 7.49. The molecule has 2 aliphatic rings. The molecule has 3 rings (SSSR count). The van der Waals surface area contributed by atoms with Gasteiger partial charge in [0.05, 0.1) is 12.6 Å². The lowest BCUT2D eigenvalue weighted by Crippen LogP contribution is -2.47. The number of ether oxygens (including phenoxy) is 1. The molecule has 0 unspecified atom stereocenters. The van der Waals surface area contributed by atoms with Gasteiger partial charge >= 0.3 is 6.03 Å². The van der Waals surface area contributed by atoms with Crippen LogP contribution >= 0.6 is 0 Å². The molecule has 1 saturated heterocycles. The van der Waals surface area contributed by atoms with Crippen molar-refractivity contribution < 1.29 is 9.53 Å². The zero-order valence-corrected chi connectivity index (χ0v) is 15.5. The Morgan fingerprint density at radius 3 is 2.92 bits per heavy atom. The van der Waals surface area contributed by atoms with E-state index in [4.69, 9.17) is 4.74 Å². The summed E-state index contributed by atoms with van der Waals surface area (Å²) in [5, 5.41) is 3.16. The Balaban J connectivity index is 1.59. The molecule has 1 aliphatic heterocycles. The van der Waals surface area contributed by atoms with Crippen LogP contribution in [0.5, 0.6) is 0 Å². The molecule has 1 saturated carbocycles. The van der Waals surface area contributed by atoms with Gasteiger partial charge in [0.1, 0.15) is 0 Å². The molecular formula is C19H30N4O2. The number of nitrogens with zero attached hydrogens (tertiary/aromatic N) is 3. The fourth-order valence-corrected chi connectivity index (χ4v) is 3.97. The van der Waals surface area contributed by atoms with Gasteiger partial charge in [0.2, 0.25) is 0 Å². The first-order valence-electron chi connectivity index (χ1n) is 9.21. The Kier molecular flexibility index (Phi) is 5.91. The normalized spacial score (nSPS) is 24.9. The monoisotopic (exact) mass is 346 g/mol. The molecule has 0 aromatic carbocycles. The van der Waals surface area contributed by atoms with E-state index in [2.05, 4.69) is 28.3 Å². The zero-order valence-electron chi connectivity index (χ0n) is 15.5. The molecular weight excluding hydrogens is 316 g/mol. The largest absolute Gasteiger partial charge is 0.383 e. The van der Waals surface area contributed by atoms with Crippen molar-refractivity contribution in [2.24, 2.45) is 11.8 Å². The minimum absolute atomic E-state index is 0.00781. The molecule has 138 valence electrons. The maximum absolute atomic E-state index is 12.6. The van der Waals surface area contributed by atoms with Gasteiger partial charge in [-0.25, -0.2) is 4.79 Å². The number of hydrogen-bond acceptors (Lipinski definition) is 4. The van der Waals surface area contributed by atoms with Crippen LogP contribution in [-0.2, 0) is 4.74 Å². The quantitative estimate of drug-likeness (QED) is 0.822. The number of nitrogens with one attached hydrogen (secondary N) is 1. The molecule has 3 atom stereocenters. The second-order valence-corrected chi connectivity index (χ2v) is 7.49. The molecule has 1 aromatic heterocycles. The van der Waals surface area contributed by atoms with E-state index in [0.717, 1.165) is 19.5 Å². The minimum atomic E-state index is 0.00781. The second kappa shape index (κ2) is 8.15. The number of hydrogen-bond donors (Lipinski definition) is 1. The topological polar surface area (TPSA) is 57.7 Å². The van der Waals surface area contributed by atoms with Crippen LogP contribution in [-0.4, -0.2) is 67.8 Å². The van der Waals surface area contributed by atoms with Gasteiger partial charge in [0, 0.05) is 39.1 Å². The Morgan fingerprint density at radius 2 is 2.28 bits per heavy atom. The van der Waals surface area contributed by atoms with Crippen molar-refractivity contribution in [2.75, 3.05) is 40.9 Å². The highest BCUT2D eigenvalue weighted by Crippen LogP contribution is 2.36. The van der Waals surface area contributed by atoms with Gasteiger partial charge in [-0.15, -0.1) is 0 Å². The predicted molar refractivity (Wildman–Crippen MR) is 97.3 cm³/mol. The van der Waals surface area contributed by atoms with Crippen molar-refractivity contribution in [1.29, 1.82) is 0 Å². The predicted octanol–water partition coefficient (Wildman–Crippen LogP) is 2.14. The summed E-state index contributed by atoms with van der Waals surface area (Å²) < 4.78 is 5.26. The van der Waals surface area contributed by atoms with Crippen molar-refractivity contribution in [1.82, 2.24) is 20.1 Å². The van der Waals surface area contributed by atoms with Gasteiger partial charge in [0.25, 0.3) is 0 Å². The number of carbonyl (C=O) groups excluding carboxylic acids is 1. The summed E-state index contributed by atoms with van der Waals surface area (Å²) in [7, 11) is 5.74. The summed E-state index contributed by atoms with van der Waals surface area (Å²) in [6.07, 6.45) is 7.23. The maximum atomic E-state index is 12.6. The lowest BCUT2D eigenvalue weighted by molar-refractivity contribution is 0.146. The number of carbonyl (C=O) groups is 1. The number of aromatic nitrogens is 1. The lowest BCUT2D eigenvalue weighted by Gasteiger charge is -2.29. The van der Waals surface area contributed by atoms with E-state index in [1.807, 2.05) is 24.2 Å². The molecule has 6 nitrogen and oxygen atoms in total. The summed E-state index contributed by atoms with van der Waals surface area (Å²) in [5.74, 6) is 1.00. The van der Waals surface area contributed by atoms with Gasteiger partial charge < -0.3 is 15.0 Å². The summed E-state index contributed by atoms with van der Waals surface area (Å²) in [6, 6.07) is 4.59. The third-order valence-electron chi connectivity index (χ3n) is 5.50. The Labute approximate surface area is 150 Å². The average molecular weight is 346 g/mol. The number of methoxy groups -OCH3 is 1. The molecule has 6 heteroatoms. The fourth-order valence-electron chi connectivity index (χ4n) is 3.97. The van der Waals surface area contributed by atoms with Gasteiger partial charge in [0.15, 0.2) is 0 Å². The zero-order chi connectivity index (χ0) is 17.8. The number of urea groups is 1. The summed E-state index contributed by atoms with van der Waals surface area (Å²) in [5.41, 5.74) is 1.23. The SMILES string of the molecule is COC[C@H](NC(=O)N(C)C[C@@H]1CCN(C)[C@H]1c1cccnc1)C1CC1. The van der Waals surface area contributed by atoms with Gasteiger partial charge in [-0.05, 0) is 56.3 Å². The third-order valence-corrected chi connectivity index (χ3v) is 5.50. The summed E-state index contributed by atoms with van der Waals surface area (Å²) >= 11 is 0. The standard InChI is InChI=1S/C19H30N4O2/c1-22-10-8-16(18(22)15-5-4-9-20-11-15)12-23(2)19(24)21-17(13-25-3)14-6-7-14/h4-5,9,11,14,16-18H,6-8,10,12-13H2,1-3H3,(H,21,24)/t16-,17-,18-/m0/s1. The van der Waals surface area contributed by atoms with Gasteiger partial charge in [-0.3, -0.25) is 9.88 Å². The van der Waals surface area contributed by atoms with Crippen molar-refractivity contribution in [2.45, 2.75) is 31.3 Å². The highest BCUT2D eigenvalue weighted by Gasteiger charge is 2.36. The fraction of sp³-hybridized carbons (Fsp3) is 0.684. The van der Waals surface area contributed by atoms with Crippen LogP contribution in [0, 0.1) is 11.8 Å². The molecule has 2 heterocycles. The van der Waals surface area contributed by atoms with E-state index in [1.165, 1.54) is 18.4 Å². The summed E-state index contributed by atoms with van der Waals surface area (Å²) in [6.45, 7) is 2.39. The van der Waals surface area contributed by atoms with Crippen LogP contribution in [0.2, 0.25) is 0 Å². The van der Waals surface area contributed by atoms with Gasteiger partial charge in [-0.1, -0.05) is 6.07 Å². The number of likely N-dealkylation sites (tertiary alicyclic amines) is 1. The van der Waals surface area contributed by atoms with E-state index in [0.29, 0.717) is 24.5 Å². The van der Waals surface area contributed by atoms with E-state index in [1.54, 1.807) is 13.3 Å². The smallest absolute Gasteiger partial charge is 0.317 e. The van der Waals surface area contributed by atoms with Crippen molar-refractivity contribution in [3.8, 4) is 0 Å². The number of rotatable bonds is 7. The van der Waals surface area contributed by atoms with Crippen LogP contribution in [0.15, 0.2) is 24.5 Å². The van der Waals surface area contributed by atoms with Crippen molar-refractivity contribution in [3.05, 3.63) is 30.1 Å². The molecule has 2 amide bonds. The van der Waals surface area contributed by atoms with Gasteiger partial charge in [-0.2, -0.15) is 0 Å². The molecule has 0 bridgehead atoms. The lowest BCUT2D eigenvalue weighted by atomic mass is 9.94. The highest BCUT2D eigenvalue weighted by atomic mass is 16.5. The summed E-state index contributed by atoms with van der Waals surface area (Å²) in [4.78, 5) is 21.1. The number of amides is 2. The van der Waals surface area contributed by atoms with Crippen LogP contribution in [0.1, 0.15) is 30.9 Å². The van der Waals surface area contributed by atoms with Crippen molar-refractivity contribution in [3.63, 3.8) is 0 Å². The first-order valence-corrected chi connectivity index (χ1v) is 9.21. The van der Waals surface area contributed by atoms with E-state index in [-0.39, 0.29) is 12.1 Å². The molecule has 2 fully saturated rings. The van der Waals surface area contributed by atoms with Crippen LogP contribution in [0.3, 0.4) is 0 Å². The van der Waals surface area contributed by atoms with E-state index < -0.39 is 0 Å². The molecule has 0 spiro atoms. The molecule has 25 heavy (non-hydrogen) atoms. The number of pyridine rings is 1. The molecule has 1 aliphatic carbocycles. The van der Waals surface area contributed by atoms with Crippen LogP contribution in [0.4, 0.5) is 4.79 Å². The first kappa shape index (κ1) is 18.1. The minimum Gasteiger partial charge on any atom is -0.383 e. The molecule has 1 N–H and O–H groups in total. The Bertz CT molecular complexity index is 564. The molecule has 0 radical (unpaired) electrons. The first-order chi connectivity index (χ1) is 12.1. The Hall–Kier alpha value is -1.66. The Morgan fingerprint density at radius 1 is 1.48 bits per heavy atom. The average Bonchev–Trinajstić information content (AvgIpc) is 3.39. The van der Waals surface area contributed by atoms with E-state index in [9.17, 15) is 4.79 Å². The molecule has 1 aromatic rings. The van der Waals surface area contributed by atoms with E-state index >= 15 is 0 Å². The highest BCUT2D eigenvalue weighted by molar-refractivity contribution is 5.74. The third kappa shape index (κ3) is 4.50. The van der Waals surface area contributed by atoms with Crippen LogP contribution < -0.4 is 5.32 Å². The van der Waals surface area contributed by atoms with Crippen LogP contribution in [0.25, 0.3) is 0 Å². The maximum Gasteiger partial charge on any atom is 0.317 e.